The highest BCUT2D eigenvalue weighted by atomic mass is 16.6. The Kier molecular flexibility index (Phi) is 4.19. The van der Waals surface area contributed by atoms with Crippen molar-refractivity contribution in [3.05, 3.63) is 35.4 Å². The Bertz CT molecular complexity index is 464. The third kappa shape index (κ3) is 3.40. The lowest BCUT2D eigenvalue weighted by Crippen LogP contribution is -2.26. The molecule has 0 amide bonds. The Morgan fingerprint density at radius 1 is 1.30 bits per heavy atom. The molecule has 20 heavy (non-hydrogen) atoms. The molecule has 0 N–H and O–H groups in total. The highest BCUT2D eigenvalue weighted by molar-refractivity contribution is 5.82. The number of rotatable bonds is 5. The van der Waals surface area contributed by atoms with Crippen LogP contribution >= 0.6 is 0 Å². The van der Waals surface area contributed by atoms with Crippen molar-refractivity contribution in [2.45, 2.75) is 51.0 Å². The molecule has 1 fully saturated rings. The van der Waals surface area contributed by atoms with E-state index in [0.29, 0.717) is 6.61 Å². The van der Waals surface area contributed by atoms with Crippen LogP contribution in [-0.2, 0) is 26.1 Å². The van der Waals surface area contributed by atoms with Crippen molar-refractivity contribution in [1.29, 1.82) is 0 Å². The second-order valence-electron chi connectivity index (χ2n) is 6.58. The Labute approximate surface area is 121 Å². The summed E-state index contributed by atoms with van der Waals surface area (Å²) in [6.07, 6.45) is 2.64. The molecule has 0 bridgehead atoms. The number of epoxide rings is 1. The molecule has 1 aliphatic rings. The second-order valence-corrected chi connectivity index (χ2v) is 6.58. The van der Waals surface area contributed by atoms with E-state index in [0.717, 1.165) is 19.3 Å². The van der Waals surface area contributed by atoms with Gasteiger partial charge < -0.3 is 9.47 Å². The minimum atomic E-state index is -0.639. The van der Waals surface area contributed by atoms with E-state index in [2.05, 4.69) is 45.0 Å². The SMILES string of the molecule is COC(=O)C1(CCCc2ccc(C(C)(C)C)cc2)CO1. The van der Waals surface area contributed by atoms with E-state index in [9.17, 15) is 4.79 Å². The van der Waals surface area contributed by atoms with Crippen LogP contribution in [0.1, 0.15) is 44.7 Å². The predicted octanol–water partition coefficient (Wildman–Crippen LogP) is 3.25. The maximum absolute atomic E-state index is 11.5. The molecule has 3 heteroatoms. The van der Waals surface area contributed by atoms with Gasteiger partial charge in [0.25, 0.3) is 0 Å². The third-order valence-corrected chi connectivity index (χ3v) is 3.92. The van der Waals surface area contributed by atoms with E-state index in [1.807, 2.05) is 0 Å². The molecule has 1 heterocycles. The highest BCUT2D eigenvalue weighted by Crippen LogP contribution is 2.34. The lowest BCUT2D eigenvalue weighted by Gasteiger charge is -2.19. The summed E-state index contributed by atoms with van der Waals surface area (Å²) in [6.45, 7) is 7.15. The van der Waals surface area contributed by atoms with Gasteiger partial charge in [0.1, 0.15) is 0 Å². The number of esters is 1. The van der Waals surface area contributed by atoms with Crippen LogP contribution in [0.25, 0.3) is 0 Å². The molecule has 0 aromatic heterocycles. The normalized spacial score (nSPS) is 21.6. The number of methoxy groups -OCH3 is 1. The van der Waals surface area contributed by atoms with Crippen molar-refractivity contribution in [3.63, 3.8) is 0 Å². The van der Waals surface area contributed by atoms with Gasteiger partial charge in [-0.15, -0.1) is 0 Å². The van der Waals surface area contributed by atoms with Gasteiger partial charge in [0.05, 0.1) is 13.7 Å². The van der Waals surface area contributed by atoms with Gasteiger partial charge in [-0.05, 0) is 35.8 Å². The van der Waals surface area contributed by atoms with Crippen molar-refractivity contribution < 1.29 is 14.3 Å². The van der Waals surface area contributed by atoms with E-state index in [1.165, 1.54) is 18.2 Å². The standard InChI is InChI=1S/C17H24O3/c1-16(2,3)14-9-7-13(8-10-14)6-5-11-17(12-20-17)15(18)19-4/h7-10H,5-6,11-12H2,1-4H3. The number of carbonyl (C=O) groups excluding carboxylic acids is 1. The number of ether oxygens (including phenoxy) is 2. The largest absolute Gasteiger partial charge is 0.467 e. The van der Waals surface area contributed by atoms with Gasteiger partial charge >= 0.3 is 5.97 Å². The average Bonchev–Trinajstić information content (AvgIpc) is 3.18. The van der Waals surface area contributed by atoms with Crippen LogP contribution in [0, 0.1) is 0 Å². The summed E-state index contributed by atoms with van der Waals surface area (Å²) in [6, 6.07) is 8.75. The molecule has 110 valence electrons. The van der Waals surface area contributed by atoms with Crippen LogP contribution in [0.4, 0.5) is 0 Å². The van der Waals surface area contributed by atoms with Crippen molar-refractivity contribution >= 4 is 5.97 Å². The Hall–Kier alpha value is -1.35. The van der Waals surface area contributed by atoms with Crippen LogP contribution < -0.4 is 0 Å². The molecule has 2 rings (SSSR count). The topological polar surface area (TPSA) is 38.8 Å². The quantitative estimate of drug-likeness (QED) is 0.612. The van der Waals surface area contributed by atoms with Crippen LogP contribution in [0.3, 0.4) is 0 Å². The van der Waals surface area contributed by atoms with E-state index in [4.69, 9.17) is 9.47 Å². The maximum atomic E-state index is 11.5. The molecule has 1 aromatic rings. The van der Waals surface area contributed by atoms with Crippen LogP contribution in [0.5, 0.6) is 0 Å². The fourth-order valence-electron chi connectivity index (χ4n) is 2.39. The van der Waals surface area contributed by atoms with Gasteiger partial charge in [-0.1, -0.05) is 45.0 Å². The smallest absolute Gasteiger partial charge is 0.340 e. The monoisotopic (exact) mass is 276 g/mol. The average molecular weight is 276 g/mol. The minimum Gasteiger partial charge on any atom is -0.467 e. The Morgan fingerprint density at radius 2 is 1.90 bits per heavy atom. The highest BCUT2D eigenvalue weighted by Gasteiger charge is 2.52. The summed E-state index contributed by atoms with van der Waals surface area (Å²) in [4.78, 5) is 11.5. The Morgan fingerprint density at radius 3 is 2.35 bits per heavy atom. The predicted molar refractivity (Wildman–Crippen MR) is 78.8 cm³/mol. The lowest BCUT2D eigenvalue weighted by atomic mass is 9.86. The minimum absolute atomic E-state index is 0.190. The summed E-state index contributed by atoms with van der Waals surface area (Å²) >= 11 is 0. The zero-order valence-electron chi connectivity index (χ0n) is 12.9. The first-order valence-electron chi connectivity index (χ1n) is 7.19. The molecule has 0 aliphatic carbocycles. The van der Waals surface area contributed by atoms with Gasteiger partial charge in [-0.2, -0.15) is 0 Å². The molecule has 1 unspecified atom stereocenters. The lowest BCUT2D eigenvalue weighted by molar-refractivity contribution is -0.147. The molecular weight excluding hydrogens is 252 g/mol. The number of aryl methyl sites for hydroxylation is 1. The summed E-state index contributed by atoms with van der Waals surface area (Å²) in [5, 5.41) is 0. The number of carbonyl (C=O) groups is 1. The van der Waals surface area contributed by atoms with Crippen LogP contribution in [-0.4, -0.2) is 25.3 Å². The fourth-order valence-corrected chi connectivity index (χ4v) is 2.39. The molecule has 1 atom stereocenters. The first-order chi connectivity index (χ1) is 9.37. The number of hydrogen-bond acceptors (Lipinski definition) is 3. The van der Waals surface area contributed by atoms with E-state index in [1.54, 1.807) is 0 Å². The van der Waals surface area contributed by atoms with E-state index >= 15 is 0 Å². The molecule has 0 saturated carbocycles. The zero-order chi connectivity index (χ0) is 14.8. The van der Waals surface area contributed by atoms with Crippen molar-refractivity contribution in [1.82, 2.24) is 0 Å². The van der Waals surface area contributed by atoms with Gasteiger partial charge in [0, 0.05) is 0 Å². The second kappa shape index (κ2) is 5.57. The summed E-state index contributed by atoms with van der Waals surface area (Å²) < 4.78 is 10.0. The van der Waals surface area contributed by atoms with Crippen molar-refractivity contribution in [3.8, 4) is 0 Å². The van der Waals surface area contributed by atoms with Crippen LogP contribution in [0.2, 0.25) is 0 Å². The Balaban J connectivity index is 1.85. The van der Waals surface area contributed by atoms with E-state index < -0.39 is 5.60 Å². The molecule has 1 aromatic carbocycles. The molecule has 1 aliphatic heterocycles. The maximum Gasteiger partial charge on any atom is 0.340 e. The first-order valence-corrected chi connectivity index (χ1v) is 7.19. The summed E-state index contributed by atoms with van der Waals surface area (Å²) in [5.41, 5.74) is 2.20. The van der Waals surface area contributed by atoms with E-state index in [-0.39, 0.29) is 11.4 Å². The molecule has 3 nitrogen and oxygen atoms in total. The van der Waals surface area contributed by atoms with Crippen molar-refractivity contribution in [2.75, 3.05) is 13.7 Å². The third-order valence-electron chi connectivity index (χ3n) is 3.92. The molecule has 1 saturated heterocycles. The number of hydrogen-bond donors (Lipinski definition) is 0. The zero-order valence-corrected chi connectivity index (χ0v) is 12.9. The van der Waals surface area contributed by atoms with Gasteiger partial charge in [0.15, 0.2) is 5.60 Å². The number of benzene rings is 1. The van der Waals surface area contributed by atoms with Gasteiger partial charge in [-0.25, -0.2) is 4.79 Å². The summed E-state index contributed by atoms with van der Waals surface area (Å²) in [5.74, 6) is -0.236. The first kappa shape index (κ1) is 15.0. The molecule has 0 radical (unpaired) electrons. The van der Waals surface area contributed by atoms with Gasteiger partial charge in [-0.3, -0.25) is 0 Å². The fraction of sp³-hybridized carbons (Fsp3) is 0.588. The summed E-state index contributed by atoms with van der Waals surface area (Å²) in [7, 11) is 1.41. The van der Waals surface area contributed by atoms with Crippen molar-refractivity contribution in [2.24, 2.45) is 0 Å². The van der Waals surface area contributed by atoms with Gasteiger partial charge in [0.2, 0.25) is 0 Å². The molecular formula is C17H24O3. The van der Waals surface area contributed by atoms with Crippen LogP contribution in [0.15, 0.2) is 24.3 Å². The molecule has 0 spiro atoms.